The Labute approximate surface area is 173 Å². The molecule has 0 aromatic heterocycles. The maximum absolute atomic E-state index is 12.4. The van der Waals surface area contributed by atoms with E-state index < -0.39 is 10.0 Å². The zero-order valence-corrected chi connectivity index (χ0v) is 18.1. The van der Waals surface area contributed by atoms with Gasteiger partial charge in [0, 0.05) is 12.1 Å². The molecule has 0 saturated heterocycles. The van der Waals surface area contributed by atoms with Crippen molar-refractivity contribution in [3.8, 4) is 11.5 Å². The second-order valence-corrected chi connectivity index (χ2v) is 8.45. The summed E-state index contributed by atoms with van der Waals surface area (Å²) >= 11 is 3.42. The van der Waals surface area contributed by atoms with Gasteiger partial charge in [-0.2, -0.15) is 0 Å². The Hall–Kier alpha value is -2.10. The Balaban J connectivity index is 2.00. The van der Waals surface area contributed by atoms with Crippen LogP contribution in [0.4, 0.5) is 0 Å². The van der Waals surface area contributed by atoms with E-state index in [2.05, 4.69) is 21.2 Å². The number of carbonyl (C=O) groups excluding carboxylic acids is 1. The summed E-state index contributed by atoms with van der Waals surface area (Å²) in [6.45, 7) is 2.94. The van der Waals surface area contributed by atoms with Crippen LogP contribution in [0.5, 0.6) is 11.5 Å². The monoisotopic (exact) mass is 470 g/mol. The van der Waals surface area contributed by atoms with Crippen LogP contribution in [0.3, 0.4) is 0 Å². The fraction of sp³-hybridized carbons (Fsp3) is 0.316. The number of rotatable bonds is 9. The van der Waals surface area contributed by atoms with E-state index in [-0.39, 0.29) is 10.8 Å². The fourth-order valence-electron chi connectivity index (χ4n) is 2.46. The number of methoxy groups -OCH3 is 1. The van der Waals surface area contributed by atoms with E-state index in [1.807, 2.05) is 6.92 Å². The third kappa shape index (κ3) is 5.95. The van der Waals surface area contributed by atoms with Crippen LogP contribution in [0.25, 0.3) is 0 Å². The summed E-state index contributed by atoms with van der Waals surface area (Å²) in [5.74, 6) is 0.796. The Morgan fingerprint density at radius 3 is 2.46 bits per heavy atom. The molecular weight excluding hydrogens is 448 g/mol. The average Bonchev–Trinajstić information content (AvgIpc) is 2.66. The van der Waals surface area contributed by atoms with Gasteiger partial charge in [-0.15, -0.1) is 0 Å². The minimum absolute atomic E-state index is 0.0580. The molecule has 0 unspecified atom stereocenters. The summed E-state index contributed by atoms with van der Waals surface area (Å²) in [5, 5.41) is 7.91. The quantitative estimate of drug-likeness (QED) is 0.585. The van der Waals surface area contributed by atoms with Crippen molar-refractivity contribution in [3.63, 3.8) is 0 Å². The van der Waals surface area contributed by atoms with Crippen molar-refractivity contribution in [2.45, 2.75) is 24.7 Å². The highest BCUT2D eigenvalue weighted by atomic mass is 79.9. The third-order valence-electron chi connectivity index (χ3n) is 3.89. The van der Waals surface area contributed by atoms with Crippen LogP contribution in [-0.2, 0) is 16.4 Å². The summed E-state index contributed by atoms with van der Waals surface area (Å²) < 4.78 is 34.2. The molecule has 28 heavy (non-hydrogen) atoms. The summed E-state index contributed by atoms with van der Waals surface area (Å²) in [5.41, 5.74) is 1.33. The Morgan fingerprint density at radius 2 is 1.89 bits per heavy atom. The molecule has 0 atom stereocenters. The number of carbonyl (C=O) groups is 1. The van der Waals surface area contributed by atoms with E-state index in [0.717, 1.165) is 12.0 Å². The van der Waals surface area contributed by atoms with E-state index in [4.69, 9.17) is 14.6 Å². The Morgan fingerprint density at radius 1 is 1.21 bits per heavy atom. The molecule has 0 saturated carbocycles. The highest BCUT2D eigenvalue weighted by Gasteiger charge is 2.15. The van der Waals surface area contributed by atoms with Crippen LogP contribution in [-0.4, -0.2) is 34.6 Å². The fourth-order valence-corrected chi connectivity index (χ4v) is 3.54. The molecule has 0 aliphatic rings. The molecule has 152 valence electrons. The summed E-state index contributed by atoms with van der Waals surface area (Å²) in [6.07, 6.45) is 1.41. The van der Waals surface area contributed by atoms with E-state index >= 15 is 0 Å². The van der Waals surface area contributed by atoms with Crippen molar-refractivity contribution >= 4 is 31.9 Å². The minimum Gasteiger partial charge on any atom is -0.493 e. The molecule has 0 aliphatic heterocycles. The van der Waals surface area contributed by atoms with Crippen molar-refractivity contribution in [2.75, 3.05) is 20.3 Å². The van der Waals surface area contributed by atoms with E-state index in [0.29, 0.717) is 41.1 Å². The first-order chi connectivity index (χ1) is 13.3. The standard InChI is InChI=1S/C19H23BrN2O5S/c1-3-10-27-18-16(20)11-14(12-17(18)26-2)19(23)22-9-8-13-4-6-15(7-5-13)28(21,24)25/h4-7,11-12H,3,8-10H2,1-2H3,(H,22,23)(H2,21,24,25). The highest BCUT2D eigenvalue weighted by Crippen LogP contribution is 2.36. The summed E-state index contributed by atoms with van der Waals surface area (Å²) in [6, 6.07) is 9.56. The van der Waals surface area contributed by atoms with Crippen LogP contribution in [0.15, 0.2) is 45.8 Å². The van der Waals surface area contributed by atoms with Gasteiger partial charge < -0.3 is 14.8 Å². The number of primary sulfonamides is 1. The summed E-state index contributed by atoms with van der Waals surface area (Å²) in [7, 11) is -2.18. The molecule has 0 spiro atoms. The van der Waals surface area contributed by atoms with E-state index in [1.54, 1.807) is 24.3 Å². The van der Waals surface area contributed by atoms with Gasteiger partial charge in [0.25, 0.3) is 5.91 Å². The molecule has 1 amide bonds. The van der Waals surface area contributed by atoms with Gasteiger partial charge in [0.1, 0.15) is 0 Å². The number of amides is 1. The lowest BCUT2D eigenvalue weighted by atomic mass is 10.1. The lowest BCUT2D eigenvalue weighted by Crippen LogP contribution is -2.25. The number of hydrogen-bond donors (Lipinski definition) is 2. The lowest BCUT2D eigenvalue weighted by molar-refractivity contribution is 0.0953. The van der Waals surface area contributed by atoms with Gasteiger partial charge in [0.15, 0.2) is 11.5 Å². The zero-order chi connectivity index (χ0) is 20.7. The first kappa shape index (κ1) is 22.2. The lowest BCUT2D eigenvalue weighted by Gasteiger charge is -2.14. The normalized spacial score (nSPS) is 11.1. The molecule has 0 radical (unpaired) electrons. The number of hydrogen-bond acceptors (Lipinski definition) is 5. The average molecular weight is 471 g/mol. The predicted molar refractivity (Wildman–Crippen MR) is 110 cm³/mol. The third-order valence-corrected chi connectivity index (χ3v) is 5.41. The van der Waals surface area contributed by atoms with Crippen molar-refractivity contribution in [3.05, 3.63) is 52.0 Å². The largest absolute Gasteiger partial charge is 0.493 e. The van der Waals surface area contributed by atoms with Crippen LogP contribution in [0.1, 0.15) is 29.3 Å². The molecule has 9 heteroatoms. The maximum atomic E-state index is 12.4. The number of nitrogens with one attached hydrogen (secondary N) is 1. The molecule has 0 heterocycles. The number of halogens is 1. The number of ether oxygens (including phenoxy) is 2. The first-order valence-electron chi connectivity index (χ1n) is 8.66. The van der Waals surface area contributed by atoms with Crippen molar-refractivity contribution in [1.82, 2.24) is 5.32 Å². The predicted octanol–water partition coefficient (Wildman–Crippen LogP) is 2.87. The molecule has 0 fully saturated rings. The second kappa shape index (κ2) is 9.90. The number of benzene rings is 2. The Bertz CT molecular complexity index is 930. The van der Waals surface area contributed by atoms with Crippen molar-refractivity contribution in [2.24, 2.45) is 5.14 Å². The van der Waals surface area contributed by atoms with Gasteiger partial charge >= 0.3 is 0 Å². The van der Waals surface area contributed by atoms with Gasteiger partial charge in [-0.1, -0.05) is 19.1 Å². The van der Waals surface area contributed by atoms with Gasteiger partial charge in [0.2, 0.25) is 10.0 Å². The summed E-state index contributed by atoms with van der Waals surface area (Å²) in [4.78, 5) is 12.5. The minimum atomic E-state index is -3.71. The molecule has 3 N–H and O–H groups in total. The second-order valence-electron chi connectivity index (χ2n) is 6.03. The SMILES string of the molecule is CCCOc1c(Br)cc(C(=O)NCCc2ccc(S(N)(=O)=O)cc2)cc1OC. The van der Waals surface area contributed by atoms with Crippen LogP contribution >= 0.6 is 15.9 Å². The van der Waals surface area contributed by atoms with Crippen molar-refractivity contribution in [1.29, 1.82) is 0 Å². The van der Waals surface area contributed by atoms with E-state index in [1.165, 1.54) is 19.2 Å². The molecule has 2 aromatic rings. The van der Waals surface area contributed by atoms with E-state index in [9.17, 15) is 13.2 Å². The number of nitrogens with two attached hydrogens (primary N) is 1. The van der Waals surface area contributed by atoms with Crippen LogP contribution < -0.4 is 19.9 Å². The Kier molecular flexibility index (Phi) is 7.85. The molecular formula is C19H23BrN2O5S. The number of sulfonamides is 1. The zero-order valence-electron chi connectivity index (χ0n) is 15.7. The first-order valence-corrected chi connectivity index (χ1v) is 11.0. The molecule has 0 aliphatic carbocycles. The van der Waals surface area contributed by atoms with Crippen LogP contribution in [0, 0.1) is 0 Å². The van der Waals surface area contributed by atoms with Gasteiger partial charge in [-0.25, -0.2) is 13.6 Å². The molecule has 7 nitrogen and oxygen atoms in total. The molecule has 0 bridgehead atoms. The maximum Gasteiger partial charge on any atom is 0.251 e. The molecule has 2 aromatic carbocycles. The smallest absolute Gasteiger partial charge is 0.251 e. The van der Waals surface area contributed by atoms with Gasteiger partial charge in [-0.05, 0) is 58.6 Å². The molecule has 2 rings (SSSR count). The van der Waals surface area contributed by atoms with Gasteiger partial charge in [-0.3, -0.25) is 4.79 Å². The van der Waals surface area contributed by atoms with Gasteiger partial charge in [0.05, 0.1) is 23.1 Å². The van der Waals surface area contributed by atoms with Crippen molar-refractivity contribution < 1.29 is 22.7 Å². The topological polar surface area (TPSA) is 108 Å². The van der Waals surface area contributed by atoms with Crippen LogP contribution in [0.2, 0.25) is 0 Å². The highest BCUT2D eigenvalue weighted by molar-refractivity contribution is 9.10.